The Balaban J connectivity index is 1.86. The van der Waals surface area contributed by atoms with E-state index in [-0.39, 0.29) is 35.0 Å². The number of carbonyl (C=O) groups excluding carboxylic acids is 3. The number of fused-ring (bicyclic) bond motifs is 1. The number of benzene rings is 1. The number of esters is 2. The molecule has 2 aromatic rings. The zero-order valence-corrected chi connectivity index (χ0v) is 18.5. The summed E-state index contributed by atoms with van der Waals surface area (Å²) in [6.07, 6.45) is 7.42. The van der Waals surface area contributed by atoms with Crippen molar-refractivity contribution >= 4 is 28.8 Å². The molecule has 0 radical (unpaired) electrons. The third-order valence-corrected chi connectivity index (χ3v) is 5.32. The molecule has 170 valence electrons. The van der Waals surface area contributed by atoms with Crippen LogP contribution >= 0.6 is 0 Å². The molecular weight excluding hydrogens is 414 g/mol. The maximum atomic E-state index is 12.6. The first-order chi connectivity index (χ1) is 15.2. The lowest BCUT2D eigenvalue weighted by Crippen LogP contribution is -2.29. The van der Waals surface area contributed by atoms with Gasteiger partial charge in [0.05, 0.1) is 17.4 Å². The number of rotatable bonds is 7. The SMILES string of the molecule is CC(=O)Oc1cc(OC(C)=O)c2c(C)c(CC(=O)NCCC3=CCCCC3)c(=O)oc2c1. The highest BCUT2D eigenvalue weighted by molar-refractivity contribution is 5.92. The van der Waals surface area contributed by atoms with Crippen molar-refractivity contribution in [1.82, 2.24) is 5.32 Å². The summed E-state index contributed by atoms with van der Waals surface area (Å²) in [5, 5.41) is 3.22. The van der Waals surface area contributed by atoms with E-state index in [1.54, 1.807) is 6.92 Å². The molecule has 3 rings (SSSR count). The Morgan fingerprint density at radius 3 is 2.50 bits per heavy atom. The summed E-state index contributed by atoms with van der Waals surface area (Å²) in [6.45, 7) is 4.62. The van der Waals surface area contributed by atoms with Crippen LogP contribution in [0.25, 0.3) is 11.0 Å². The average Bonchev–Trinajstić information content (AvgIpc) is 2.70. The van der Waals surface area contributed by atoms with Crippen molar-refractivity contribution in [3.63, 3.8) is 0 Å². The first-order valence-electron chi connectivity index (χ1n) is 10.7. The van der Waals surface area contributed by atoms with Gasteiger partial charge in [-0.3, -0.25) is 14.4 Å². The quantitative estimate of drug-likeness (QED) is 0.303. The highest BCUT2D eigenvalue weighted by Gasteiger charge is 2.20. The number of aryl methyl sites for hydroxylation is 1. The van der Waals surface area contributed by atoms with Crippen LogP contribution in [0.4, 0.5) is 0 Å². The minimum atomic E-state index is -0.672. The molecule has 1 aliphatic carbocycles. The number of hydrogen-bond donors (Lipinski definition) is 1. The van der Waals surface area contributed by atoms with Gasteiger partial charge < -0.3 is 19.2 Å². The van der Waals surface area contributed by atoms with Crippen LogP contribution in [0.2, 0.25) is 0 Å². The van der Waals surface area contributed by atoms with Gasteiger partial charge in [0.2, 0.25) is 5.91 Å². The molecule has 1 heterocycles. The van der Waals surface area contributed by atoms with Crippen LogP contribution in [-0.4, -0.2) is 24.4 Å². The number of hydrogen-bond acceptors (Lipinski definition) is 7. The number of nitrogens with one attached hydrogen (secondary N) is 1. The Labute approximate surface area is 185 Å². The Hall–Kier alpha value is -3.42. The molecule has 8 heteroatoms. The molecule has 0 unspecified atom stereocenters. The van der Waals surface area contributed by atoms with E-state index in [2.05, 4.69) is 11.4 Å². The van der Waals surface area contributed by atoms with Gasteiger partial charge in [-0.25, -0.2) is 4.79 Å². The monoisotopic (exact) mass is 441 g/mol. The van der Waals surface area contributed by atoms with Gasteiger partial charge in [-0.05, 0) is 44.6 Å². The normalized spacial score (nSPS) is 13.4. The van der Waals surface area contributed by atoms with Gasteiger partial charge in [0.15, 0.2) is 0 Å². The lowest BCUT2D eigenvalue weighted by molar-refractivity contribution is -0.132. The maximum absolute atomic E-state index is 12.6. The molecule has 0 saturated heterocycles. The smallest absolute Gasteiger partial charge is 0.340 e. The average molecular weight is 441 g/mol. The third-order valence-electron chi connectivity index (χ3n) is 5.32. The topological polar surface area (TPSA) is 112 Å². The van der Waals surface area contributed by atoms with E-state index in [0.29, 0.717) is 17.5 Å². The van der Waals surface area contributed by atoms with Gasteiger partial charge in [-0.15, -0.1) is 0 Å². The highest BCUT2D eigenvalue weighted by atomic mass is 16.5. The number of allylic oxidation sites excluding steroid dienone is 1. The predicted octanol–water partition coefficient (Wildman–Crippen LogP) is 3.50. The van der Waals surface area contributed by atoms with E-state index in [4.69, 9.17) is 13.9 Å². The largest absolute Gasteiger partial charge is 0.426 e. The summed E-state index contributed by atoms with van der Waals surface area (Å²) in [4.78, 5) is 48.0. The van der Waals surface area contributed by atoms with Crippen LogP contribution in [0.3, 0.4) is 0 Å². The van der Waals surface area contributed by atoms with Gasteiger partial charge in [0.25, 0.3) is 0 Å². The van der Waals surface area contributed by atoms with E-state index in [9.17, 15) is 19.2 Å². The lowest BCUT2D eigenvalue weighted by Gasteiger charge is -2.14. The van der Waals surface area contributed by atoms with Crippen LogP contribution in [0, 0.1) is 6.92 Å². The summed E-state index contributed by atoms with van der Waals surface area (Å²) in [5.74, 6) is -1.30. The standard InChI is InChI=1S/C24H27NO7/c1-14-19(13-22(28)25-10-9-17-7-5-4-6-8-17)24(29)32-21-12-18(30-15(2)26)11-20(23(14)21)31-16(3)27/h7,11-12H,4-6,8-10,13H2,1-3H3,(H,25,28). The molecule has 1 N–H and O–H groups in total. The van der Waals surface area contributed by atoms with E-state index in [0.717, 1.165) is 19.3 Å². The molecule has 1 amide bonds. The van der Waals surface area contributed by atoms with Crippen molar-refractivity contribution in [3.8, 4) is 11.5 Å². The summed E-state index contributed by atoms with van der Waals surface area (Å²) >= 11 is 0. The summed E-state index contributed by atoms with van der Waals surface area (Å²) in [6, 6.07) is 2.75. The van der Waals surface area contributed by atoms with Crippen LogP contribution in [0.5, 0.6) is 11.5 Å². The van der Waals surface area contributed by atoms with Crippen molar-refractivity contribution in [3.05, 3.63) is 45.3 Å². The molecule has 1 aromatic heterocycles. The summed E-state index contributed by atoms with van der Waals surface area (Å²) in [5.41, 5.74) is 1.42. The molecular formula is C24H27NO7. The van der Waals surface area contributed by atoms with E-state index in [1.165, 1.54) is 44.4 Å². The van der Waals surface area contributed by atoms with Crippen LogP contribution in [0.15, 0.2) is 33.0 Å². The van der Waals surface area contributed by atoms with Gasteiger partial charge in [-0.1, -0.05) is 11.6 Å². The maximum Gasteiger partial charge on any atom is 0.340 e. The van der Waals surface area contributed by atoms with E-state index in [1.807, 2.05) is 0 Å². The highest BCUT2D eigenvalue weighted by Crippen LogP contribution is 2.34. The second kappa shape index (κ2) is 10.3. The predicted molar refractivity (Wildman–Crippen MR) is 118 cm³/mol. The second-order valence-electron chi connectivity index (χ2n) is 7.86. The Kier molecular flexibility index (Phi) is 7.45. The molecule has 1 aromatic carbocycles. The number of carbonyl (C=O) groups is 3. The molecule has 0 atom stereocenters. The number of amides is 1. The van der Waals surface area contributed by atoms with Gasteiger partial charge in [-0.2, -0.15) is 0 Å². The lowest BCUT2D eigenvalue weighted by atomic mass is 9.97. The van der Waals surface area contributed by atoms with E-state index >= 15 is 0 Å². The minimum absolute atomic E-state index is 0.0753. The van der Waals surface area contributed by atoms with Crippen molar-refractivity contribution in [2.75, 3.05) is 6.54 Å². The fraction of sp³-hybridized carbons (Fsp3) is 0.417. The molecule has 1 aliphatic rings. The van der Waals surface area contributed by atoms with Crippen molar-refractivity contribution in [2.24, 2.45) is 0 Å². The number of ether oxygens (including phenoxy) is 2. The van der Waals surface area contributed by atoms with Crippen molar-refractivity contribution in [1.29, 1.82) is 0 Å². The van der Waals surface area contributed by atoms with Crippen LogP contribution < -0.4 is 20.4 Å². The van der Waals surface area contributed by atoms with Crippen molar-refractivity contribution in [2.45, 2.75) is 59.3 Å². The molecule has 0 spiro atoms. The second-order valence-corrected chi connectivity index (χ2v) is 7.86. The molecule has 8 nitrogen and oxygen atoms in total. The minimum Gasteiger partial charge on any atom is -0.426 e. The summed E-state index contributed by atoms with van der Waals surface area (Å²) < 4.78 is 15.7. The molecule has 0 saturated carbocycles. The van der Waals surface area contributed by atoms with Crippen LogP contribution in [0.1, 0.15) is 57.1 Å². The zero-order chi connectivity index (χ0) is 23.3. The Morgan fingerprint density at radius 1 is 1.09 bits per heavy atom. The van der Waals surface area contributed by atoms with Gasteiger partial charge >= 0.3 is 17.6 Å². The fourth-order valence-electron chi connectivity index (χ4n) is 3.86. The van der Waals surface area contributed by atoms with Gasteiger partial charge in [0.1, 0.15) is 17.1 Å². The Bertz CT molecular complexity index is 1140. The fourth-order valence-corrected chi connectivity index (χ4v) is 3.86. The van der Waals surface area contributed by atoms with Gasteiger partial charge in [0, 0.05) is 32.5 Å². The Morgan fingerprint density at radius 2 is 1.84 bits per heavy atom. The molecule has 0 aliphatic heterocycles. The third kappa shape index (κ3) is 5.84. The summed E-state index contributed by atoms with van der Waals surface area (Å²) in [7, 11) is 0. The van der Waals surface area contributed by atoms with Crippen molar-refractivity contribution < 1.29 is 28.3 Å². The first kappa shape index (κ1) is 23.2. The van der Waals surface area contributed by atoms with Crippen LogP contribution in [-0.2, 0) is 20.8 Å². The first-order valence-corrected chi connectivity index (χ1v) is 10.7. The molecule has 32 heavy (non-hydrogen) atoms. The zero-order valence-electron chi connectivity index (χ0n) is 18.5. The molecule has 0 fully saturated rings. The molecule has 0 bridgehead atoms. The van der Waals surface area contributed by atoms with E-state index < -0.39 is 17.6 Å².